The Morgan fingerprint density at radius 3 is 2.90 bits per heavy atom. The number of rotatable bonds is 5. The van der Waals surface area contributed by atoms with Crippen molar-refractivity contribution in [2.75, 3.05) is 11.9 Å². The summed E-state index contributed by atoms with van der Waals surface area (Å²) in [5, 5.41) is 3.62. The molecule has 1 amide bonds. The first-order valence-electron chi connectivity index (χ1n) is 6.32. The van der Waals surface area contributed by atoms with Crippen molar-refractivity contribution in [3.05, 3.63) is 40.1 Å². The zero-order valence-electron chi connectivity index (χ0n) is 11.3. The summed E-state index contributed by atoms with van der Waals surface area (Å²) in [4.78, 5) is 16.8. The van der Waals surface area contributed by atoms with Gasteiger partial charge in [-0.15, -0.1) is 11.3 Å². The Morgan fingerprint density at radius 1 is 1.45 bits per heavy atom. The van der Waals surface area contributed by atoms with Crippen LogP contribution in [0.1, 0.15) is 28.5 Å². The predicted octanol–water partition coefficient (Wildman–Crippen LogP) is 3.50. The van der Waals surface area contributed by atoms with Gasteiger partial charge in [0.25, 0.3) is 5.91 Å². The van der Waals surface area contributed by atoms with Crippen LogP contribution in [0.25, 0.3) is 0 Å². The molecule has 0 aliphatic heterocycles. The number of anilines is 1. The number of thiazole rings is 1. The third kappa shape index (κ3) is 3.33. The molecule has 20 heavy (non-hydrogen) atoms. The van der Waals surface area contributed by atoms with E-state index in [0.29, 0.717) is 22.9 Å². The van der Waals surface area contributed by atoms with E-state index in [4.69, 9.17) is 4.74 Å². The third-order valence-corrected chi connectivity index (χ3v) is 3.71. The number of carbonyl (C=O) groups excluding carboxylic acids is 1. The summed E-state index contributed by atoms with van der Waals surface area (Å²) >= 11 is 1.34. The maximum atomic E-state index is 13.2. The summed E-state index contributed by atoms with van der Waals surface area (Å²) in [7, 11) is 0. The van der Waals surface area contributed by atoms with Crippen LogP contribution in [0.2, 0.25) is 0 Å². The van der Waals surface area contributed by atoms with Crippen molar-refractivity contribution in [3.8, 4) is 5.75 Å². The Morgan fingerprint density at radius 2 is 2.25 bits per heavy atom. The van der Waals surface area contributed by atoms with Gasteiger partial charge < -0.3 is 10.1 Å². The molecule has 106 valence electrons. The van der Waals surface area contributed by atoms with Gasteiger partial charge in [0.15, 0.2) is 0 Å². The van der Waals surface area contributed by atoms with Crippen molar-refractivity contribution in [1.82, 2.24) is 4.98 Å². The van der Waals surface area contributed by atoms with E-state index in [1.165, 1.54) is 29.5 Å². The summed E-state index contributed by atoms with van der Waals surface area (Å²) < 4.78 is 18.5. The minimum Gasteiger partial charge on any atom is -0.492 e. The van der Waals surface area contributed by atoms with Crippen molar-refractivity contribution in [1.29, 1.82) is 0 Å². The topological polar surface area (TPSA) is 51.2 Å². The molecule has 1 aromatic carbocycles. The zero-order chi connectivity index (χ0) is 14.5. The summed E-state index contributed by atoms with van der Waals surface area (Å²) in [6, 6.07) is 4.02. The number of carbonyl (C=O) groups is 1. The molecule has 6 heteroatoms. The Bertz CT molecular complexity index is 613. The highest BCUT2D eigenvalue weighted by Crippen LogP contribution is 2.26. The first-order chi connectivity index (χ1) is 9.63. The molecule has 2 aromatic rings. The van der Waals surface area contributed by atoms with Gasteiger partial charge in [-0.3, -0.25) is 4.79 Å². The Hall–Kier alpha value is -1.95. The predicted molar refractivity (Wildman–Crippen MR) is 77.0 cm³/mol. The molecule has 0 bridgehead atoms. The first-order valence-corrected chi connectivity index (χ1v) is 7.14. The lowest BCUT2D eigenvalue weighted by Crippen LogP contribution is -2.11. The van der Waals surface area contributed by atoms with E-state index in [1.54, 1.807) is 13.1 Å². The van der Waals surface area contributed by atoms with Crippen LogP contribution < -0.4 is 10.1 Å². The smallest absolute Gasteiger partial charge is 0.267 e. The van der Waals surface area contributed by atoms with Crippen LogP contribution in [0.4, 0.5) is 10.1 Å². The summed E-state index contributed by atoms with van der Waals surface area (Å²) in [5.74, 6) is -0.353. The van der Waals surface area contributed by atoms with Crippen molar-refractivity contribution >= 4 is 22.9 Å². The number of nitrogens with zero attached hydrogens (tertiary/aromatic N) is 1. The third-order valence-electron chi connectivity index (χ3n) is 2.57. The highest BCUT2D eigenvalue weighted by Gasteiger charge is 2.13. The standard InChI is InChI=1S/C14H15FN2O2S/c1-3-13-16-8-12(20-13)14(18)17-10-6-5-9(15)7-11(10)19-4-2/h5-8H,3-4H2,1-2H3,(H,17,18). The molecular weight excluding hydrogens is 279 g/mol. The monoisotopic (exact) mass is 294 g/mol. The quantitative estimate of drug-likeness (QED) is 0.918. The molecule has 1 aromatic heterocycles. The van der Waals surface area contributed by atoms with Crippen LogP contribution in [0.15, 0.2) is 24.4 Å². The molecular formula is C14H15FN2O2S. The molecule has 2 rings (SSSR count). The summed E-state index contributed by atoms with van der Waals surface area (Å²) in [6.45, 7) is 4.17. The lowest BCUT2D eigenvalue weighted by atomic mass is 10.2. The van der Waals surface area contributed by atoms with Crippen molar-refractivity contribution < 1.29 is 13.9 Å². The van der Waals surface area contributed by atoms with Crippen LogP contribution in [0, 0.1) is 5.82 Å². The van der Waals surface area contributed by atoms with E-state index < -0.39 is 5.82 Å². The molecule has 0 aliphatic rings. The van der Waals surface area contributed by atoms with Gasteiger partial charge in [-0.2, -0.15) is 0 Å². The highest BCUT2D eigenvalue weighted by atomic mass is 32.1. The second kappa shape index (κ2) is 6.47. The van der Waals surface area contributed by atoms with E-state index in [9.17, 15) is 9.18 Å². The van der Waals surface area contributed by atoms with Crippen LogP contribution in [-0.4, -0.2) is 17.5 Å². The maximum Gasteiger partial charge on any atom is 0.267 e. The molecule has 0 atom stereocenters. The van der Waals surface area contributed by atoms with Crippen LogP contribution >= 0.6 is 11.3 Å². The van der Waals surface area contributed by atoms with Gasteiger partial charge in [0, 0.05) is 6.07 Å². The molecule has 1 N–H and O–H groups in total. The molecule has 0 spiro atoms. The second-order valence-electron chi connectivity index (χ2n) is 4.00. The number of amides is 1. The molecule has 0 radical (unpaired) electrons. The number of aryl methyl sites for hydroxylation is 1. The van der Waals surface area contributed by atoms with E-state index >= 15 is 0 Å². The molecule has 4 nitrogen and oxygen atoms in total. The molecule has 0 fully saturated rings. The second-order valence-corrected chi connectivity index (χ2v) is 5.11. The Balaban J connectivity index is 2.18. The molecule has 0 unspecified atom stereocenters. The van der Waals surface area contributed by atoms with Gasteiger partial charge in [0.05, 0.1) is 23.5 Å². The van der Waals surface area contributed by atoms with Crippen molar-refractivity contribution in [3.63, 3.8) is 0 Å². The fourth-order valence-corrected chi connectivity index (χ4v) is 2.39. The Kier molecular flexibility index (Phi) is 4.68. The van der Waals surface area contributed by atoms with Crippen LogP contribution in [0.5, 0.6) is 5.75 Å². The molecule has 0 aliphatic carbocycles. The van der Waals surface area contributed by atoms with Gasteiger partial charge in [0.1, 0.15) is 16.4 Å². The summed E-state index contributed by atoms with van der Waals surface area (Å²) in [5.41, 5.74) is 0.449. The molecule has 1 heterocycles. The minimum atomic E-state index is -0.405. The number of hydrogen-bond donors (Lipinski definition) is 1. The van der Waals surface area contributed by atoms with E-state index in [-0.39, 0.29) is 5.91 Å². The average Bonchev–Trinajstić information content (AvgIpc) is 2.91. The number of hydrogen-bond acceptors (Lipinski definition) is 4. The van der Waals surface area contributed by atoms with Gasteiger partial charge in [0.2, 0.25) is 0 Å². The lowest BCUT2D eigenvalue weighted by Gasteiger charge is -2.10. The highest BCUT2D eigenvalue weighted by molar-refractivity contribution is 7.13. The molecule has 0 saturated heterocycles. The number of halogens is 1. The van der Waals surface area contributed by atoms with Gasteiger partial charge in [-0.1, -0.05) is 6.92 Å². The van der Waals surface area contributed by atoms with E-state index in [1.807, 2.05) is 6.92 Å². The molecule has 0 saturated carbocycles. The number of benzene rings is 1. The average molecular weight is 294 g/mol. The fraction of sp³-hybridized carbons (Fsp3) is 0.286. The summed E-state index contributed by atoms with van der Waals surface area (Å²) in [6.07, 6.45) is 2.33. The van der Waals surface area contributed by atoms with Crippen LogP contribution in [0.3, 0.4) is 0 Å². The van der Waals surface area contributed by atoms with Gasteiger partial charge in [-0.05, 0) is 25.5 Å². The van der Waals surface area contributed by atoms with Crippen molar-refractivity contribution in [2.24, 2.45) is 0 Å². The SMILES string of the molecule is CCOc1cc(F)ccc1NC(=O)c1cnc(CC)s1. The number of aromatic nitrogens is 1. The normalized spacial score (nSPS) is 10.3. The van der Waals surface area contributed by atoms with Crippen LogP contribution in [-0.2, 0) is 6.42 Å². The number of nitrogens with one attached hydrogen (secondary N) is 1. The van der Waals surface area contributed by atoms with E-state index in [0.717, 1.165) is 11.4 Å². The minimum absolute atomic E-state index is 0.269. The number of ether oxygens (including phenoxy) is 1. The maximum absolute atomic E-state index is 13.2. The Labute approximate surface area is 120 Å². The van der Waals surface area contributed by atoms with Gasteiger partial charge in [-0.25, -0.2) is 9.37 Å². The first kappa shape index (κ1) is 14.5. The van der Waals surface area contributed by atoms with Gasteiger partial charge >= 0.3 is 0 Å². The van der Waals surface area contributed by atoms with E-state index in [2.05, 4.69) is 10.3 Å². The largest absolute Gasteiger partial charge is 0.492 e. The zero-order valence-corrected chi connectivity index (χ0v) is 12.1. The van der Waals surface area contributed by atoms with Crippen molar-refractivity contribution in [2.45, 2.75) is 20.3 Å². The fourth-order valence-electron chi connectivity index (χ4n) is 1.64. The lowest BCUT2D eigenvalue weighted by molar-refractivity contribution is 0.103.